The summed E-state index contributed by atoms with van der Waals surface area (Å²) < 4.78 is 90.5. The monoisotopic (exact) mass is 1100 g/mol. The van der Waals surface area contributed by atoms with E-state index in [9.17, 15) is 26.3 Å². The van der Waals surface area contributed by atoms with Crippen molar-refractivity contribution in [3.05, 3.63) is 262 Å². The van der Waals surface area contributed by atoms with E-state index in [1.165, 1.54) is 69.2 Å². The normalized spacial score (nSPS) is 14.2. The molecule has 0 unspecified atom stereocenters. The van der Waals surface area contributed by atoms with Gasteiger partial charge in [-0.25, -0.2) is 0 Å². The third-order valence-electron chi connectivity index (χ3n) is 16.9. The Morgan fingerprint density at radius 1 is 0.362 bits per heavy atom. The number of benzene rings is 10. The minimum Gasteiger partial charge on any atom is -0.309 e. The molecule has 10 heteroatoms. The highest BCUT2D eigenvalue weighted by atomic mass is 32.1. The predicted molar refractivity (Wildman–Crippen MR) is 320 cm³/mol. The largest absolute Gasteiger partial charge is 0.417 e. The highest BCUT2D eigenvalue weighted by molar-refractivity contribution is 7.27. The first-order chi connectivity index (χ1) is 38.6. The maximum absolute atomic E-state index is 14.8. The van der Waals surface area contributed by atoms with Gasteiger partial charge in [0.25, 0.3) is 0 Å². The van der Waals surface area contributed by atoms with Crippen LogP contribution in [0.5, 0.6) is 0 Å². The van der Waals surface area contributed by atoms with Gasteiger partial charge in [-0.15, -0.1) is 22.7 Å². The number of anilines is 6. The van der Waals surface area contributed by atoms with Crippen LogP contribution in [-0.4, -0.2) is 0 Å². The topological polar surface area (TPSA) is 6.48 Å². The van der Waals surface area contributed by atoms with Gasteiger partial charge in [-0.2, -0.15) is 26.3 Å². The minimum atomic E-state index is -4.54. The summed E-state index contributed by atoms with van der Waals surface area (Å²) in [6, 6.07) is 68.3. The summed E-state index contributed by atoms with van der Waals surface area (Å²) in [5.41, 5.74) is 13.6. The van der Waals surface area contributed by atoms with E-state index in [0.717, 1.165) is 101 Å². The van der Waals surface area contributed by atoms with E-state index in [2.05, 4.69) is 159 Å². The van der Waals surface area contributed by atoms with E-state index in [1.54, 1.807) is 12.1 Å². The zero-order valence-corrected chi connectivity index (χ0v) is 45.7. The lowest BCUT2D eigenvalue weighted by Crippen LogP contribution is -2.40. The first kappa shape index (κ1) is 50.1. The van der Waals surface area contributed by atoms with Gasteiger partial charge in [-0.05, 0) is 141 Å². The second-order valence-electron chi connectivity index (χ2n) is 21.5. The lowest BCUT2D eigenvalue weighted by molar-refractivity contribution is -0.137. The summed E-state index contributed by atoms with van der Waals surface area (Å²) in [6.07, 6.45) is -7.53. The maximum atomic E-state index is 14.8. The lowest BCUT2D eigenvalue weighted by atomic mass is 9.55. The van der Waals surface area contributed by atoms with Crippen molar-refractivity contribution in [3.63, 3.8) is 0 Å². The summed E-state index contributed by atoms with van der Waals surface area (Å²) in [5.74, 6) is 0. The van der Waals surface area contributed by atoms with E-state index in [4.69, 9.17) is 0 Å². The molecule has 0 bridgehead atoms. The molecule has 394 valence electrons. The van der Waals surface area contributed by atoms with E-state index >= 15 is 0 Å². The molecule has 0 radical (unpaired) electrons. The van der Waals surface area contributed by atoms with Crippen LogP contribution in [0.15, 0.2) is 206 Å². The molecule has 0 atom stereocenters. The van der Waals surface area contributed by atoms with Crippen molar-refractivity contribution in [3.8, 4) is 11.1 Å². The van der Waals surface area contributed by atoms with E-state index in [1.807, 2.05) is 48.5 Å². The summed E-state index contributed by atoms with van der Waals surface area (Å²) in [7, 11) is 0. The Morgan fingerprint density at radius 2 is 0.725 bits per heavy atom. The molecule has 14 rings (SSSR count). The van der Waals surface area contributed by atoms with Crippen molar-refractivity contribution in [1.29, 1.82) is 0 Å². The fourth-order valence-electron chi connectivity index (χ4n) is 13.3. The van der Waals surface area contributed by atoms with Crippen molar-refractivity contribution < 1.29 is 26.3 Å². The number of thiophene rings is 2. The van der Waals surface area contributed by atoms with Crippen LogP contribution in [0, 0.1) is 0 Å². The van der Waals surface area contributed by atoms with Gasteiger partial charge in [0, 0.05) is 59.1 Å². The average molecular weight is 1100 g/mol. The van der Waals surface area contributed by atoms with Crippen LogP contribution >= 0.6 is 22.7 Å². The van der Waals surface area contributed by atoms with Crippen LogP contribution in [0.2, 0.25) is 0 Å². The predicted octanol–water partition coefficient (Wildman–Crippen LogP) is 21.5. The first-order valence-corrected chi connectivity index (χ1v) is 28.5. The second-order valence-corrected chi connectivity index (χ2v) is 23.6. The SMILES string of the molecule is CCc1cccc(N(c2ccc3c(c2)-c2cc(N(c4cccc(CC)c4)c4cccc5c4sc4c(C(F)(F)F)cccc45)ccc2C32c3ccccc3C(C)(C)c3ccccc32)c2cccc3c2sc2c(C(F)(F)F)cccc23)c1. The van der Waals surface area contributed by atoms with Gasteiger partial charge in [0.15, 0.2) is 0 Å². The average Bonchev–Trinajstić information content (AvgIpc) is 4.33. The van der Waals surface area contributed by atoms with Gasteiger partial charge in [-0.3, -0.25) is 0 Å². The van der Waals surface area contributed by atoms with Gasteiger partial charge in [0.1, 0.15) is 0 Å². The van der Waals surface area contributed by atoms with Crippen molar-refractivity contribution in [2.24, 2.45) is 0 Å². The number of alkyl halides is 6. The molecule has 0 saturated heterocycles. The number of hydrogen-bond donors (Lipinski definition) is 0. The Bertz CT molecular complexity index is 4220. The molecule has 12 aromatic rings. The molecule has 2 heterocycles. The molecule has 10 aromatic carbocycles. The molecule has 0 saturated carbocycles. The van der Waals surface area contributed by atoms with Crippen LogP contribution in [0.3, 0.4) is 0 Å². The molecule has 0 amide bonds. The first-order valence-electron chi connectivity index (χ1n) is 26.9. The number of rotatable bonds is 8. The number of halogens is 6. The Labute approximate surface area is 467 Å². The third kappa shape index (κ3) is 7.37. The molecule has 1 spiro atoms. The molecule has 0 fully saturated rings. The maximum Gasteiger partial charge on any atom is 0.417 e. The van der Waals surface area contributed by atoms with E-state index < -0.39 is 28.9 Å². The van der Waals surface area contributed by atoms with Crippen LogP contribution in [-0.2, 0) is 36.0 Å². The Kier molecular flexibility index (Phi) is 11.4. The molecule has 0 N–H and O–H groups in total. The van der Waals surface area contributed by atoms with Crippen LogP contribution in [0.25, 0.3) is 51.5 Å². The summed E-state index contributed by atoms with van der Waals surface area (Å²) in [6.45, 7) is 8.82. The van der Waals surface area contributed by atoms with Crippen molar-refractivity contribution in [2.75, 3.05) is 9.80 Å². The zero-order valence-electron chi connectivity index (χ0n) is 44.0. The Balaban J connectivity index is 1.07. The molecular weight excluding hydrogens is 1050 g/mol. The lowest BCUT2D eigenvalue weighted by Gasteiger charge is -2.46. The van der Waals surface area contributed by atoms with Gasteiger partial charge < -0.3 is 9.80 Å². The molecular formula is C70H50F6N2S2. The quantitative estimate of drug-likeness (QED) is 0.140. The highest BCUT2D eigenvalue weighted by Crippen LogP contribution is 2.64. The zero-order chi connectivity index (χ0) is 55.0. The molecule has 2 aliphatic carbocycles. The van der Waals surface area contributed by atoms with Crippen LogP contribution in [0.1, 0.15) is 83.3 Å². The summed E-state index contributed by atoms with van der Waals surface area (Å²) in [5, 5.41) is 2.60. The van der Waals surface area contributed by atoms with E-state index in [-0.39, 0.29) is 14.8 Å². The number of nitrogens with zero attached hydrogens (tertiary/aromatic N) is 2. The minimum absolute atomic E-state index is 0.195. The summed E-state index contributed by atoms with van der Waals surface area (Å²) in [4.78, 5) is 4.40. The fraction of sp³-hybridized carbons (Fsp3) is 0.143. The highest BCUT2D eigenvalue weighted by Gasteiger charge is 2.53. The van der Waals surface area contributed by atoms with Gasteiger partial charge >= 0.3 is 12.4 Å². The molecule has 2 aliphatic rings. The van der Waals surface area contributed by atoms with Gasteiger partial charge in [0.2, 0.25) is 0 Å². The van der Waals surface area contributed by atoms with Crippen molar-refractivity contribution in [2.45, 2.75) is 63.7 Å². The number of hydrogen-bond acceptors (Lipinski definition) is 4. The molecule has 80 heavy (non-hydrogen) atoms. The second kappa shape index (κ2) is 18.2. The van der Waals surface area contributed by atoms with Gasteiger partial charge in [-0.1, -0.05) is 161 Å². The third-order valence-corrected chi connectivity index (χ3v) is 19.4. The van der Waals surface area contributed by atoms with Crippen LogP contribution < -0.4 is 9.80 Å². The fourth-order valence-corrected chi connectivity index (χ4v) is 15.9. The summed E-state index contributed by atoms with van der Waals surface area (Å²) >= 11 is 2.34. The Morgan fingerprint density at radius 3 is 1.12 bits per heavy atom. The van der Waals surface area contributed by atoms with E-state index in [0.29, 0.717) is 10.8 Å². The van der Waals surface area contributed by atoms with Crippen LogP contribution in [0.4, 0.5) is 60.5 Å². The Hall–Kier alpha value is -8.18. The molecule has 2 nitrogen and oxygen atoms in total. The smallest absolute Gasteiger partial charge is 0.309 e. The molecule has 2 aromatic heterocycles. The van der Waals surface area contributed by atoms with Gasteiger partial charge in [0.05, 0.1) is 37.3 Å². The standard InChI is InChI=1S/C70H50F6N2S2/c1-5-41-17-11-19-43(37-41)77(61-31-15-23-49-47-21-13-29-59(69(71,72)73)63(47)79-65(49)61)45-33-35-53-51(39-45)52-40-46(34-36-54(52)68(53)57-27-9-7-25-55(57)67(3,4)56-26-8-10-28-58(56)68)78(44-20-12-18-42(6-2)38-44)62-32-16-24-50-48-22-14-30-60(70(74,75)76)64(48)80-66(50)62/h7-40H,5-6H2,1-4H3. The number of aryl methyl sites for hydroxylation is 2. The van der Waals surface area contributed by atoms with Crippen molar-refractivity contribution in [1.82, 2.24) is 0 Å². The molecule has 0 aliphatic heterocycles. The number of fused-ring (bicyclic) bond motifs is 15. The van der Waals surface area contributed by atoms with Crippen molar-refractivity contribution >= 4 is 97.1 Å².